The number of carbonyl (C=O) groups is 3. The molecule has 9 nitrogen and oxygen atoms in total. The Hall–Kier alpha value is -3.27. The molecule has 2 aromatic rings. The molecule has 1 fully saturated rings. The second-order valence-electron chi connectivity index (χ2n) is 9.30. The average molecular weight is 548 g/mol. The van der Waals surface area contributed by atoms with Crippen molar-refractivity contribution in [3.05, 3.63) is 81.2 Å². The fourth-order valence-corrected chi connectivity index (χ4v) is 6.04. The van der Waals surface area contributed by atoms with Gasteiger partial charge in [-0.3, -0.25) is 14.5 Å². The van der Waals surface area contributed by atoms with Crippen LogP contribution in [0.5, 0.6) is 0 Å². The van der Waals surface area contributed by atoms with Gasteiger partial charge >= 0.3 is 11.9 Å². The number of hydrogen-bond donors (Lipinski definition) is 3. The van der Waals surface area contributed by atoms with Gasteiger partial charge in [0.1, 0.15) is 17.8 Å². The third kappa shape index (κ3) is 4.86. The van der Waals surface area contributed by atoms with E-state index in [9.17, 15) is 24.6 Å². The number of hydrogen-bond acceptors (Lipinski definition) is 6. The first-order valence-corrected chi connectivity index (χ1v) is 12.4. The third-order valence-corrected chi connectivity index (χ3v) is 7.86. The first-order valence-electron chi connectivity index (χ1n) is 11.6. The number of benzene rings is 2. The molecule has 196 valence electrons. The Balaban J connectivity index is 1.77. The second kappa shape index (κ2) is 10.6. The molecule has 0 saturated carbocycles. The monoisotopic (exact) mass is 547 g/mol. The number of likely N-dealkylation sites (tertiary alicyclic amines) is 1. The molecule has 4 N–H and O–H groups in total. The van der Waals surface area contributed by atoms with Gasteiger partial charge in [-0.25, -0.2) is 4.79 Å². The lowest BCUT2D eigenvalue weighted by molar-refractivity contribution is -0.153. The van der Waals surface area contributed by atoms with Crippen molar-refractivity contribution in [1.82, 2.24) is 9.80 Å². The number of carboxylic acids is 2. The minimum absolute atomic E-state index is 0.205. The van der Waals surface area contributed by atoms with E-state index in [1.807, 2.05) is 35.2 Å². The number of halogens is 2. The van der Waals surface area contributed by atoms with Crippen LogP contribution in [0.3, 0.4) is 0 Å². The van der Waals surface area contributed by atoms with E-state index in [0.29, 0.717) is 35.1 Å². The maximum absolute atomic E-state index is 13.1. The van der Waals surface area contributed by atoms with Crippen LogP contribution in [0.1, 0.15) is 17.5 Å². The number of amides is 1. The Labute approximate surface area is 224 Å². The second-order valence-corrected chi connectivity index (χ2v) is 10.1. The Morgan fingerprint density at radius 1 is 1.08 bits per heavy atom. The average Bonchev–Trinajstić information content (AvgIpc) is 3.38. The predicted molar refractivity (Wildman–Crippen MR) is 137 cm³/mol. The van der Waals surface area contributed by atoms with E-state index in [1.54, 1.807) is 18.2 Å². The number of aliphatic carboxylic acids is 2. The van der Waals surface area contributed by atoms with Crippen molar-refractivity contribution in [3.8, 4) is 0 Å². The van der Waals surface area contributed by atoms with E-state index in [4.69, 9.17) is 33.7 Å². The maximum atomic E-state index is 13.1. The zero-order chi connectivity index (χ0) is 26.9. The van der Waals surface area contributed by atoms with Crippen LogP contribution in [-0.4, -0.2) is 64.0 Å². The summed E-state index contributed by atoms with van der Waals surface area (Å²) in [6.45, 7) is 0.327. The summed E-state index contributed by atoms with van der Waals surface area (Å²) in [5.41, 5.74) is 5.03. The zero-order valence-electron chi connectivity index (χ0n) is 20.1. The van der Waals surface area contributed by atoms with Gasteiger partial charge in [-0.1, -0.05) is 59.6 Å². The van der Waals surface area contributed by atoms with Gasteiger partial charge in [-0.05, 0) is 30.7 Å². The van der Waals surface area contributed by atoms with Crippen molar-refractivity contribution in [1.29, 1.82) is 0 Å². The molecule has 1 saturated heterocycles. The molecule has 0 spiro atoms. The molecule has 3 atom stereocenters. The lowest BCUT2D eigenvalue weighted by atomic mass is 9.70. The summed E-state index contributed by atoms with van der Waals surface area (Å²) in [4.78, 5) is 41.3. The number of carboxylic acid groups (broad SMARTS) is 2. The van der Waals surface area contributed by atoms with Crippen molar-refractivity contribution in [2.75, 3.05) is 20.1 Å². The van der Waals surface area contributed by atoms with Crippen LogP contribution in [0.4, 0.5) is 0 Å². The van der Waals surface area contributed by atoms with Crippen LogP contribution in [0, 0.1) is 11.3 Å². The maximum Gasteiger partial charge on any atom is 0.355 e. The molecule has 2 aliphatic heterocycles. The molecule has 2 aliphatic rings. The van der Waals surface area contributed by atoms with E-state index < -0.39 is 35.2 Å². The SMILES string of the molecule is CN1CC(C(=O)O)(C2CCN(Cc3ccccc3)C2C(N)=O)C(OCc2c(Cl)cccc2Cl)=C1C(=O)O. The first-order chi connectivity index (χ1) is 17.6. The lowest BCUT2D eigenvalue weighted by Crippen LogP contribution is -2.53. The number of nitrogens with two attached hydrogens (primary N) is 1. The molecule has 4 rings (SSSR count). The molecule has 11 heteroatoms. The summed E-state index contributed by atoms with van der Waals surface area (Å²) in [6.07, 6.45) is 0.299. The molecule has 0 bridgehead atoms. The molecular weight excluding hydrogens is 521 g/mol. The summed E-state index contributed by atoms with van der Waals surface area (Å²) in [5, 5.41) is 21.2. The van der Waals surface area contributed by atoms with Crippen molar-refractivity contribution >= 4 is 41.0 Å². The highest BCUT2D eigenvalue weighted by Gasteiger charge is 2.63. The van der Waals surface area contributed by atoms with Gasteiger partial charge in [-0.15, -0.1) is 0 Å². The summed E-state index contributed by atoms with van der Waals surface area (Å²) in [5.74, 6) is -4.42. The van der Waals surface area contributed by atoms with Gasteiger partial charge in [0.15, 0.2) is 5.70 Å². The van der Waals surface area contributed by atoms with E-state index >= 15 is 0 Å². The van der Waals surface area contributed by atoms with Gasteiger partial charge in [0.25, 0.3) is 0 Å². The number of ether oxygens (including phenoxy) is 1. The van der Waals surface area contributed by atoms with E-state index in [0.717, 1.165) is 5.56 Å². The highest BCUT2D eigenvalue weighted by atomic mass is 35.5. The summed E-state index contributed by atoms with van der Waals surface area (Å²) < 4.78 is 6.00. The quantitative estimate of drug-likeness (QED) is 0.435. The highest BCUT2D eigenvalue weighted by molar-refractivity contribution is 6.35. The number of likely N-dealkylation sites (N-methyl/N-ethyl adjacent to an activating group) is 1. The number of nitrogens with zero attached hydrogens (tertiary/aromatic N) is 2. The molecular formula is C26H27Cl2N3O6. The minimum Gasteiger partial charge on any atom is -0.489 e. The summed E-state index contributed by atoms with van der Waals surface area (Å²) in [7, 11) is 1.48. The Bertz CT molecular complexity index is 1230. The van der Waals surface area contributed by atoms with Crippen molar-refractivity contribution in [3.63, 3.8) is 0 Å². The number of primary amides is 1. The molecule has 2 aromatic carbocycles. The molecule has 1 amide bonds. The largest absolute Gasteiger partial charge is 0.489 e. The van der Waals surface area contributed by atoms with Gasteiger partial charge in [0.2, 0.25) is 5.91 Å². The van der Waals surface area contributed by atoms with E-state index in [2.05, 4.69) is 0 Å². The molecule has 3 unspecified atom stereocenters. The standard InChI is InChI=1S/C26H27Cl2N3O6/c1-30-14-26(25(35)36,17-10-11-31(20(17)23(29)32)12-15-6-3-2-4-7-15)22(21(30)24(33)34)37-13-16-18(27)8-5-9-19(16)28/h2-9,17,20H,10-14H2,1H3,(H2,29,32)(H,33,34)(H,35,36). The van der Waals surface area contributed by atoms with Crippen LogP contribution in [0.2, 0.25) is 10.0 Å². The summed E-state index contributed by atoms with van der Waals surface area (Å²) in [6, 6.07) is 13.3. The van der Waals surface area contributed by atoms with Crippen molar-refractivity contribution in [2.45, 2.75) is 25.6 Å². The zero-order valence-corrected chi connectivity index (χ0v) is 21.6. The fraction of sp³-hybridized carbons (Fsp3) is 0.346. The van der Waals surface area contributed by atoms with E-state index in [1.165, 1.54) is 11.9 Å². The number of carbonyl (C=O) groups excluding carboxylic acids is 1. The predicted octanol–water partition coefficient (Wildman–Crippen LogP) is 3.20. The normalized spacial score (nSPS) is 23.9. The van der Waals surface area contributed by atoms with Crippen molar-refractivity contribution < 1.29 is 29.3 Å². The van der Waals surface area contributed by atoms with Gasteiger partial charge < -0.3 is 25.6 Å². The van der Waals surface area contributed by atoms with Crippen LogP contribution in [-0.2, 0) is 32.3 Å². The molecule has 0 aliphatic carbocycles. The Morgan fingerprint density at radius 2 is 1.73 bits per heavy atom. The highest BCUT2D eigenvalue weighted by Crippen LogP contribution is 2.51. The van der Waals surface area contributed by atoms with Crippen LogP contribution >= 0.6 is 23.2 Å². The van der Waals surface area contributed by atoms with Crippen LogP contribution in [0.25, 0.3) is 0 Å². The molecule has 0 aromatic heterocycles. The fourth-order valence-electron chi connectivity index (χ4n) is 5.54. The summed E-state index contributed by atoms with van der Waals surface area (Å²) >= 11 is 12.5. The van der Waals surface area contributed by atoms with Crippen LogP contribution < -0.4 is 5.73 Å². The Kier molecular flexibility index (Phi) is 7.68. The van der Waals surface area contributed by atoms with Gasteiger partial charge in [0, 0.05) is 41.7 Å². The van der Waals surface area contributed by atoms with Gasteiger partial charge in [0.05, 0.1) is 6.04 Å². The topological polar surface area (TPSA) is 133 Å². The van der Waals surface area contributed by atoms with Gasteiger partial charge in [-0.2, -0.15) is 0 Å². The Morgan fingerprint density at radius 3 is 2.30 bits per heavy atom. The lowest BCUT2D eigenvalue weighted by Gasteiger charge is -2.37. The molecule has 2 heterocycles. The van der Waals surface area contributed by atoms with E-state index in [-0.39, 0.29) is 24.6 Å². The van der Waals surface area contributed by atoms with Crippen LogP contribution in [0.15, 0.2) is 60.0 Å². The van der Waals surface area contributed by atoms with Crippen molar-refractivity contribution in [2.24, 2.45) is 17.1 Å². The molecule has 0 radical (unpaired) electrons. The smallest absolute Gasteiger partial charge is 0.355 e. The minimum atomic E-state index is -1.85. The first kappa shape index (κ1) is 26.8. The molecule has 37 heavy (non-hydrogen) atoms. The number of rotatable bonds is 9. The third-order valence-electron chi connectivity index (χ3n) is 7.15.